The van der Waals surface area contributed by atoms with Crippen LogP contribution in [-0.4, -0.2) is 0 Å². The van der Waals surface area contributed by atoms with E-state index in [-0.39, 0.29) is 5.82 Å². The van der Waals surface area contributed by atoms with Crippen molar-refractivity contribution >= 4 is 0 Å². The highest BCUT2D eigenvalue weighted by Crippen LogP contribution is 1.67. The van der Waals surface area contributed by atoms with E-state index in [9.17, 15) is 0 Å². The first-order valence-electron chi connectivity index (χ1n) is 1.31. The molecule has 6 heavy (non-hydrogen) atoms. The first kappa shape index (κ1) is 4.94. The van der Waals surface area contributed by atoms with E-state index in [2.05, 4.69) is 5.18 Å². The Morgan fingerprint density at radius 1 is 1.67 bits per heavy atom. The zero-order valence-corrected chi connectivity index (χ0v) is 3.09. The van der Waals surface area contributed by atoms with E-state index in [0.29, 0.717) is 0 Å². The Morgan fingerprint density at radius 2 is 2.17 bits per heavy atom. The van der Waals surface area contributed by atoms with Crippen LogP contribution in [0.1, 0.15) is 0 Å². The van der Waals surface area contributed by atoms with Crippen LogP contribution in [0.5, 0.6) is 0 Å². The van der Waals surface area contributed by atoms with Crippen LogP contribution in [0.3, 0.4) is 0 Å². The Bertz CT molecular complexity index is 72.9. The van der Waals surface area contributed by atoms with Gasteiger partial charge in [-0.05, 0) is 5.18 Å². The summed E-state index contributed by atoms with van der Waals surface area (Å²) in [5.41, 5.74) is 9.50. The molecule has 0 aliphatic rings. The molecule has 0 radical (unpaired) electrons. The second kappa shape index (κ2) is 2.19. The lowest BCUT2D eigenvalue weighted by molar-refractivity contribution is 1.22. The average molecular weight is 87.1 g/mol. The number of hydrogen-bond acceptors (Lipinski definition) is 4. The van der Waals surface area contributed by atoms with Crippen molar-refractivity contribution in [2.24, 2.45) is 16.6 Å². The van der Waals surface area contributed by atoms with Gasteiger partial charge in [0, 0.05) is 0 Å². The monoisotopic (exact) mass is 87.0 g/mol. The van der Waals surface area contributed by atoms with Crippen molar-refractivity contribution in [3.63, 3.8) is 0 Å². The Labute approximate surface area is 34.8 Å². The van der Waals surface area contributed by atoms with Crippen molar-refractivity contribution in [3.8, 4) is 0 Å². The van der Waals surface area contributed by atoms with Crippen LogP contribution in [0.4, 0.5) is 0 Å². The molecule has 0 atom stereocenters. The average Bonchev–Trinajstić information content (AvgIpc) is 1.35. The fraction of sp³-hybridized carbons (Fsp3) is 0. The molecule has 0 aliphatic carbocycles. The number of rotatable bonds is 1. The summed E-state index contributed by atoms with van der Waals surface area (Å²) < 4.78 is 0. The molecular formula is C2H5N3O. The van der Waals surface area contributed by atoms with Gasteiger partial charge < -0.3 is 11.5 Å². The van der Waals surface area contributed by atoms with Gasteiger partial charge in [0.2, 0.25) is 0 Å². The molecule has 0 saturated heterocycles. The van der Waals surface area contributed by atoms with E-state index in [1.807, 2.05) is 0 Å². The Balaban J connectivity index is 3.41. The fourth-order valence-corrected chi connectivity index (χ4v) is 0.0609. The molecule has 0 saturated carbocycles. The molecule has 4 heteroatoms. The van der Waals surface area contributed by atoms with E-state index in [4.69, 9.17) is 16.4 Å². The lowest BCUT2D eigenvalue weighted by Crippen LogP contribution is -2.06. The fourth-order valence-electron chi connectivity index (χ4n) is 0.0609. The number of nitroso groups, excluding NO2 is 1. The third-order valence-electron chi connectivity index (χ3n) is 0.202. The van der Waals surface area contributed by atoms with Gasteiger partial charge in [0.05, 0.1) is 0 Å². The first-order valence-corrected chi connectivity index (χ1v) is 1.31. The van der Waals surface area contributed by atoms with Gasteiger partial charge in [0.1, 0.15) is 12.0 Å². The van der Waals surface area contributed by atoms with Crippen molar-refractivity contribution in [3.05, 3.63) is 16.9 Å². The van der Waals surface area contributed by atoms with Crippen LogP contribution in [0.25, 0.3) is 0 Å². The van der Waals surface area contributed by atoms with Crippen LogP contribution >= 0.6 is 0 Å². The Hall–Kier alpha value is -1.06. The lowest BCUT2D eigenvalue weighted by atomic mass is 10.8. The van der Waals surface area contributed by atoms with Crippen LogP contribution in [0.2, 0.25) is 0 Å². The van der Waals surface area contributed by atoms with Crippen molar-refractivity contribution in [2.45, 2.75) is 0 Å². The summed E-state index contributed by atoms with van der Waals surface area (Å²) in [4.78, 5) is 9.13. The molecule has 0 fully saturated rings. The highest BCUT2D eigenvalue weighted by atomic mass is 16.2. The molecule has 34 valence electrons. The van der Waals surface area contributed by atoms with Crippen LogP contribution in [0, 0.1) is 4.91 Å². The van der Waals surface area contributed by atoms with Crippen molar-refractivity contribution in [1.82, 2.24) is 0 Å². The quantitative estimate of drug-likeness (QED) is 0.422. The molecule has 0 bridgehead atoms. The van der Waals surface area contributed by atoms with Crippen LogP contribution in [-0.2, 0) is 0 Å². The van der Waals surface area contributed by atoms with E-state index >= 15 is 0 Å². The van der Waals surface area contributed by atoms with E-state index in [1.165, 1.54) is 0 Å². The Morgan fingerprint density at radius 3 is 2.17 bits per heavy atom. The maximum Gasteiger partial charge on any atom is 0.116 e. The van der Waals surface area contributed by atoms with Gasteiger partial charge in [-0.3, -0.25) is 0 Å². The normalized spacial score (nSPS) is 6.67. The van der Waals surface area contributed by atoms with Gasteiger partial charge in [-0.15, -0.1) is 4.91 Å². The number of nitrogens with zero attached hydrogens (tertiary/aromatic N) is 1. The smallest absolute Gasteiger partial charge is 0.116 e. The van der Waals surface area contributed by atoms with Gasteiger partial charge in [0.25, 0.3) is 0 Å². The molecule has 0 amide bonds. The van der Waals surface area contributed by atoms with Gasteiger partial charge in [-0.25, -0.2) is 0 Å². The van der Waals surface area contributed by atoms with Crippen LogP contribution < -0.4 is 11.5 Å². The van der Waals surface area contributed by atoms with Gasteiger partial charge in [-0.1, -0.05) is 0 Å². The summed E-state index contributed by atoms with van der Waals surface area (Å²) >= 11 is 0. The number of hydrogen-bond donors (Lipinski definition) is 2. The second-order valence-electron chi connectivity index (χ2n) is 0.735. The molecule has 4 N–H and O–H groups in total. The third kappa shape index (κ3) is 2.94. The molecule has 0 aromatic carbocycles. The summed E-state index contributed by atoms with van der Waals surface area (Å²) in [6, 6.07) is 0. The van der Waals surface area contributed by atoms with Gasteiger partial charge in [-0.2, -0.15) is 0 Å². The third-order valence-corrected chi connectivity index (χ3v) is 0.202. The molecule has 0 heterocycles. The molecule has 0 rings (SSSR count). The molecular weight excluding hydrogens is 82.0 g/mol. The number of nitrogens with two attached hydrogens (primary N) is 2. The standard InChI is InChI=1S/C2H5N3O/c3-2(4)1-5-6/h1H,3-4H2. The van der Waals surface area contributed by atoms with E-state index in [1.54, 1.807) is 0 Å². The maximum atomic E-state index is 9.13. The maximum absolute atomic E-state index is 9.13. The largest absolute Gasteiger partial charge is 0.384 e. The molecule has 0 aromatic rings. The summed E-state index contributed by atoms with van der Waals surface area (Å²) in [5, 5.41) is 2.27. The summed E-state index contributed by atoms with van der Waals surface area (Å²) in [6.07, 6.45) is 0.833. The molecule has 0 aliphatic heterocycles. The van der Waals surface area contributed by atoms with Gasteiger partial charge >= 0.3 is 0 Å². The van der Waals surface area contributed by atoms with Gasteiger partial charge in [0.15, 0.2) is 0 Å². The molecule has 0 spiro atoms. The molecule has 0 unspecified atom stereocenters. The predicted octanol–water partition coefficient (Wildman–Crippen LogP) is -0.531. The summed E-state index contributed by atoms with van der Waals surface area (Å²) in [6.45, 7) is 0. The van der Waals surface area contributed by atoms with Crippen molar-refractivity contribution < 1.29 is 0 Å². The minimum absolute atomic E-state index is 0.0648. The lowest BCUT2D eigenvalue weighted by Gasteiger charge is -1.76. The highest BCUT2D eigenvalue weighted by molar-refractivity contribution is 4.86. The zero-order chi connectivity index (χ0) is 4.99. The minimum atomic E-state index is -0.0648. The SMILES string of the molecule is NC(N)=CN=O. The minimum Gasteiger partial charge on any atom is -0.384 e. The zero-order valence-electron chi connectivity index (χ0n) is 3.09. The van der Waals surface area contributed by atoms with E-state index in [0.717, 1.165) is 6.20 Å². The van der Waals surface area contributed by atoms with Crippen LogP contribution in [0.15, 0.2) is 17.2 Å². The summed E-state index contributed by atoms with van der Waals surface area (Å²) in [7, 11) is 0. The van der Waals surface area contributed by atoms with E-state index < -0.39 is 0 Å². The van der Waals surface area contributed by atoms with Crippen molar-refractivity contribution in [2.75, 3.05) is 0 Å². The topological polar surface area (TPSA) is 81.5 Å². The predicted molar refractivity (Wildman–Crippen MR) is 22.3 cm³/mol. The second-order valence-corrected chi connectivity index (χ2v) is 0.735. The first-order chi connectivity index (χ1) is 2.77. The van der Waals surface area contributed by atoms with Crippen molar-refractivity contribution in [1.29, 1.82) is 0 Å². The Kier molecular flexibility index (Phi) is 1.81. The molecule has 4 nitrogen and oxygen atoms in total. The molecule has 0 aromatic heterocycles. The highest BCUT2D eigenvalue weighted by Gasteiger charge is 1.67. The summed E-state index contributed by atoms with van der Waals surface area (Å²) in [5.74, 6) is -0.0648.